The predicted octanol–water partition coefficient (Wildman–Crippen LogP) is 5.29. The number of nitrogens with one attached hydrogen (secondary N) is 1. The summed E-state index contributed by atoms with van der Waals surface area (Å²) in [5, 5.41) is 2.91. The maximum absolute atomic E-state index is 13.2. The van der Waals surface area contributed by atoms with Gasteiger partial charge in [-0.25, -0.2) is 8.42 Å². The van der Waals surface area contributed by atoms with E-state index in [1.165, 1.54) is 0 Å². The Labute approximate surface area is 195 Å². The van der Waals surface area contributed by atoms with E-state index < -0.39 is 10.0 Å². The molecule has 1 fully saturated rings. The minimum Gasteiger partial charge on any atom is -0.322 e. The average Bonchev–Trinajstić information content (AvgIpc) is 2.84. The summed E-state index contributed by atoms with van der Waals surface area (Å²) in [5.74, 6) is 0.294. The smallest absolute Gasteiger partial charge is 0.256 e. The lowest BCUT2D eigenvalue weighted by Crippen LogP contribution is -2.37. The summed E-state index contributed by atoms with van der Waals surface area (Å²) < 4.78 is 27.5. The van der Waals surface area contributed by atoms with Crippen molar-refractivity contribution in [2.24, 2.45) is 5.92 Å². The van der Waals surface area contributed by atoms with Crippen molar-refractivity contribution < 1.29 is 13.2 Å². The third-order valence-electron chi connectivity index (χ3n) is 5.93. The van der Waals surface area contributed by atoms with Crippen LogP contribution in [0.2, 0.25) is 0 Å². The number of hydrogen-bond acceptors (Lipinski definition) is 3. The van der Waals surface area contributed by atoms with Crippen LogP contribution in [0.5, 0.6) is 0 Å². The molecule has 3 aromatic rings. The maximum Gasteiger partial charge on any atom is 0.256 e. The van der Waals surface area contributed by atoms with E-state index in [-0.39, 0.29) is 10.8 Å². The third kappa shape index (κ3) is 5.59. The fraction of sp³-hybridized carbons (Fsp3) is 0.222. The largest absolute Gasteiger partial charge is 0.322 e. The zero-order chi connectivity index (χ0) is 23.3. The van der Waals surface area contributed by atoms with Crippen molar-refractivity contribution in [2.75, 3.05) is 18.4 Å². The molecule has 4 rings (SSSR count). The fourth-order valence-electron chi connectivity index (χ4n) is 3.90. The molecule has 0 unspecified atom stereocenters. The topological polar surface area (TPSA) is 66.5 Å². The first kappa shape index (κ1) is 23.0. The normalized spacial score (nSPS) is 15.8. The summed E-state index contributed by atoms with van der Waals surface area (Å²) in [7, 11) is -3.52. The lowest BCUT2D eigenvalue weighted by atomic mass is 10.0. The molecule has 1 amide bonds. The number of benzene rings is 3. The maximum atomic E-state index is 13.2. The van der Waals surface area contributed by atoms with E-state index in [1.807, 2.05) is 66.7 Å². The minimum atomic E-state index is -3.52. The van der Waals surface area contributed by atoms with Gasteiger partial charge in [-0.15, -0.1) is 0 Å². The Balaban J connectivity index is 1.54. The van der Waals surface area contributed by atoms with Crippen molar-refractivity contribution in [1.29, 1.82) is 0 Å². The Bertz CT molecular complexity index is 1210. The highest BCUT2D eigenvalue weighted by Crippen LogP contribution is 2.25. The number of amides is 1. The zero-order valence-corrected chi connectivity index (χ0v) is 19.5. The Hall–Kier alpha value is -3.22. The van der Waals surface area contributed by atoms with Gasteiger partial charge in [0.2, 0.25) is 10.0 Å². The second-order valence-corrected chi connectivity index (χ2v) is 10.3. The third-order valence-corrected chi connectivity index (χ3v) is 7.85. The van der Waals surface area contributed by atoms with E-state index in [9.17, 15) is 13.2 Å². The summed E-state index contributed by atoms with van der Waals surface area (Å²) in [6, 6.07) is 25.5. The molecule has 0 radical (unpaired) electrons. The van der Waals surface area contributed by atoms with Crippen LogP contribution in [0, 0.1) is 5.92 Å². The van der Waals surface area contributed by atoms with Crippen molar-refractivity contribution in [3.8, 4) is 0 Å². The molecule has 1 aliphatic rings. The first-order chi connectivity index (χ1) is 15.9. The van der Waals surface area contributed by atoms with Crippen molar-refractivity contribution in [3.05, 3.63) is 96.1 Å². The molecule has 0 spiro atoms. The molecule has 6 heteroatoms. The first-order valence-electron chi connectivity index (χ1n) is 11.2. The fourth-order valence-corrected chi connectivity index (χ4v) is 5.37. The van der Waals surface area contributed by atoms with Crippen LogP contribution >= 0.6 is 0 Å². The highest BCUT2D eigenvalue weighted by molar-refractivity contribution is 7.89. The Kier molecular flexibility index (Phi) is 7.06. The number of sulfonamides is 1. The van der Waals surface area contributed by atoms with Gasteiger partial charge in [0.25, 0.3) is 5.91 Å². The van der Waals surface area contributed by atoms with Crippen molar-refractivity contribution in [2.45, 2.75) is 24.7 Å². The lowest BCUT2D eigenvalue weighted by Gasteiger charge is -2.29. The van der Waals surface area contributed by atoms with Crippen molar-refractivity contribution in [1.82, 2.24) is 4.31 Å². The van der Waals surface area contributed by atoms with Gasteiger partial charge in [-0.1, -0.05) is 67.6 Å². The predicted molar refractivity (Wildman–Crippen MR) is 133 cm³/mol. The SMILES string of the molecule is CC1CCN(S(=O)(=O)c2ccc(NC(=O)/C(=C/c3ccccc3)c3ccccc3)cc2)CC1. The molecule has 5 nitrogen and oxygen atoms in total. The number of nitrogens with zero attached hydrogens (tertiary/aromatic N) is 1. The number of carbonyl (C=O) groups is 1. The molecular formula is C27H28N2O3S. The van der Waals surface area contributed by atoms with Gasteiger partial charge in [0, 0.05) is 24.4 Å². The molecule has 1 N–H and O–H groups in total. The van der Waals surface area contributed by atoms with Crippen LogP contribution in [0.4, 0.5) is 5.69 Å². The van der Waals surface area contributed by atoms with Gasteiger partial charge >= 0.3 is 0 Å². The van der Waals surface area contributed by atoms with Crippen LogP contribution in [0.25, 0.3) is 11.6 Å². The molecule has 0 aliphatic carbocycles. The second kappa shape index (κ2) is 10.1. The molecule has 3 aromatic carbocycles. The molecule has 1 heterocycles. The molecule has 0 bridgehead atoms. The number of piperidine rings is 1. The number of carbonyl (C=O) groups excluding carboxylic acids is 1. The highest BCUT2D eigenvalue weighted by atomic mass is 32.2. The lowest BCUT2D eigenvalue weighted by molar-refractivity contribution is -0.111. The monoisotopic (exact) mass is 460 g/mol. The number of rotatable bonds is 6. The molecule has 1 saturated heterocycles. The summed E-state index contributed by atoms with van der Waals surface area (Å²) in [5.41, 5.74) is 2.79. The summed E-state index contributed by atoms with van der Waals surface area (Å²) in [6.45, 7) is 3.25. The Morgan fingerprint density at radius 2 is 1.45 bits per heavy atom. The molecule has 0 atom stereocenters. The standard InChI is InChI=1S/C27H28N2O3S/c1-21-16-18-29(19-17-21)33(31,32)25-14-12-24(13-15-25)28-27(30)26(23-10-6-3-7-11-23)20-22-8-4-2-5-9-22/h2-15,20-21H,16-19H2,1H3,(H,28,30)/b26-20+. The minimum absolute atomic E-state index is 0.248. The Morgan fingerprint density at radius 3 is 2.06 bits per heavy atom. The zero-order valence-electron chi connectivity index (χ0n) is 18.6. The van der Waals surface area contributed by atoms with E-state index in [0.717, 1.165) is 24.0 Å². The van der Waals surface area contributed by atoms with Crippen LogP contribution in [0.1, 0.15) is 30.9 Å². The highest BCUT2D eigenvalue weighted by Gasteiger charge is 2.28. The molecule has 33 heavy (non-hydrogen) atoms. The van der Waals surface area contributed by atoms with Gasteiger partial charge in [0.1, 0.15) is 0 Å². The van der Waals surface area contributed by atoms with E-state index in [1.54, 1.807) is 28.6 Å². The van der Waals surface area contributed by atoms with Gasteiger partial charge in [0.05, 0.1) is 4.90 Å². The summed E-state index contributed by atoms with van der Waals surface area (Å²) in [6.07, 6.45) is 3.60. The van der Waals surface area contributed by atoms with E-state index in [2.05, 4.69) is 12.2 Å². The van der Waals surface area contributed by atoms with Gasteiger partial charge in [0.15, 0.2) is 0 Å². The molecule has 0 aromatic heterocycles. The van der Waals surface area contributed by atoms with E-state index in [4.69, 9.17) is 0 Å². The van der Waals surface area contributed by atoms with Crippen LogP contribution < -0.4 is 5.32 Å². The number of hydrogen-bond donors (Lipinski definition) is 1. The molecular weight excluding hydrogens is 432 g/mol. The second-order valence-electron chi connectivity index (χ2n) is 8.40. The van der Waals surface area contributed by atoms with Gasteiger partial charge in [-0.2, -0.15) is 4.31 Å². The van der Waals surface area contributed by atoms with E-state index >= 15 is 0 Å². The Morgan fingerprint density at radius 1 is 0.879 bits per heavy atom. The van der Waals surface area contributed by atoms with E-state index in [0.29, 0.717) is 30.3 Å². The van der Waals surface area contributed by atoms with Crippen molar-refractivity contribution in [3.63, 3.8) is 0 Å². The average molecular weight is 461 g/mol. The molecule has 170 valence electrons. The van der Waals surface area contributed by atoms with Crippen LogP contribution in [0.3, 0.4) is 0 Å². The van der Waals surface area contributed by atoms with Crippen molar-refractivity contribution >= 4 is 33.3 Å². The van der Waals surface area contributed by atoms with Gasteiger partial charge < -0.3 is 5.32 Å². The summed E-state index contributed by atoms with van der Waals surface area (Å²) >= 11 is 0. The van der Waals surface area contributed by atoms with Crippen LogP contribution in [0.15, 0.2) is 89.8 Å². The van der Waals surface area contributed by atoms with Gasteiger partial charge in [-0.05, 0) is 60.2 Å². The number of anilines is 1. The van der Waals surface area contributed by atoms with Gasteiger partial charge in [-0.3, -0.25) is 4.79 Å². The first-order valence-corrected chi connectivity index (χ1v) is 12.6. The molecule has 1 aliphatic heterocycles. The van der Waals surface area contributed by atoms with Crippen LogP contribution in [-0.4, -0.2) is 31.7 Å². The quantitative estimate of drug-likeness (QED) is 0.402. The molecule has 0 saturated carbocycles. The summed E-state index contributed by atoms with van der Waals surface area (Å²) in [4.78, 5) is 13.4. The van der Waals surface area contributed by atoms with Crippen LogP contribution in [-0.2, 0) is 14.8 Å².